The van der Waals surface area contributed by atoms with Crippen LogP contribution >= 0.6 is 0 Å². The Bertz CT molecular complexity index is 303. The van der Waals surface area contributed by atoms with E-state index < -0.39 is 0 Å². The molecule has 2 heterocycles. The van der Waals surface area contributed by atoms with E-state index in [0.717, 1.165) is 24.6 Å². The van der Waals surface area contributed by atoms with E-state index in [-0.39, 0.29) is 0 Å². The molecule has 1 aliphatic rings. The summed E-state index contributed by atoms with van der Waals surface area (Å²) in [5.74, 6) is 0.770. The Morgan fingerprint density at radius 1 is 1.40 bits per heavy atom. The molecule has 15 heavy (non-hydrogen) atoms. The molecule has 1 atom stereocenters. The van der Waals surface area contributed by atoms with Gasteiger partial charge in [-0.25, -0.2) is 0 Å². The van der Waals surface area contributed by atoms with E-state index in [2.05, 4.69) is 10.3 Å². The molecule has 0 amide bonds. The van der Waals surface area contributed by atoms with Crippen molar-refractivity contribution in [1.29, 1.82) is 0 Å². The average Bonchev–Trinajstić information content (AvgIpc) is 2.50. The van der Waals surface area contributed by atoms with Crippen molar-refractivity contribution in [3.8, 4) is 0 Å². The van der Waals surface area contributed by atoms with Gasteiger partial charge in [-0.3, -0.25) is 4.98 Å². The molecule has 0 bridgehead atoms. The molecule has 2 rings (SSSR count). The van der Waals surface area contributed by atoms with E-state index in [1.165, 1.54) is 31.4 Å². The second-order valence-corrected chi connectivity index (χ2v) is 4.33. The molecule has 0 spiro atoms. The quantitative estimate of drug-likeness (QED) is 0.771. The number of hydrogen-bond donors (Lipinski definition) is 2. The van der Waals surface area contributed by atoms with Gasteiger partial charge in [0.2, 0.25) is 0 Å². The van der Waals surface area contributed by atoms with Crippen LogP contribution < -0.4 is 11.1 Å². The first-order valence-corrected chi connectivity index (χ1v) is 5.75. The van der Waals surface area contributed by atoms with Crippen molar-refractivity contribution < 1.29 is 0 Å². The molecule has 3 N–H and O–H groups in total. The first kappa shape index (κ1) is 10.4. The monoisotopic (exact) mass is 205 g/mol. The molecule has 3 heteroatoms. The maximum absolute atomic E-state index is 5.92. The third kappa shape index (κ3) is 2.93. The Hall–Kier alpha value is -1.09. The second kappa shape index (κ2) is 5.12. The summed E-state index contributed by atoms with van der Waals surface area (Å²) in [5.41, 5.74) is 8.02. The maximum atomic E-state index is 5.92. The van der Waals surface area contributed by atoms with E-state index in [0.29, 0.717) is 0 Å². The highest BCUT2D eigenvalue weighted by Gasteiger charge is 2.13. The highest BCUT2D eigenvalue weighted by Crippen LogP contribution is 2.21. The summed E-state index contributed by atoms with van der Waals surface area (Å²) in [5, 5.41) is 3.43. The van der Waals surface area contributed by atoms with Crippen LogP contribution in [-0.4, -0.2) is 18.1 Å². The van der Waals surface area contributed by atoms with Crippen LogP contribution in [0, 0.1) is 5.92 Å². The predicted molar refractivity (Wildman–Crippen MR) is 62.6 cm³/mol. The van der Waals surface area contributed by atoms with E-state index in [9.17, 15) is 0 Å². The van der Waals surface area contributed by atoms with E-state index in [4.69, 9.17) is 5.73 Å². The Kier molecular flexibility index (Phi) is 3.56. The molecule has 1 saturated heterocycles. The van der Waals surface area contributed by atoms with E-state index in [1.54, 1.807) is 6.20 Å². The number of nitrogens with zero attached hydrogens (tertiary/aromatic N) is 1. The second-order valence-electron chi connectivity index (χ2n) is 4.33. The largest absolute Gasteiger partial charge is 0.398 e. The van der Waals surface area contributed by atoms with Gasteiger partial charge in [0.05, 0.1) is 0 Å². The number of nitrogens with two attached hydrogens (primary N) is 1. The summed E-state index contributed by atoms with van der Waals surface area (Å²) >= 11 is 0. The van der Waals surface area contributed by atoms with Crippen LogP contribution in [-0.2, 0) is 6.42 Å². The van der Waals surface area contributed by atoms with Gasteiger partial charge in [0.25, 0.3) is 0 Å². The summed E-state index contributed by atoms with van der Waals surface area (Å²) in [6.45, 7) is 2.31. The van der Waals surface area contributed by atoms with Crippen molar-refractivity contribution in [3.63, 3.8) is 0 Å². The highest BCUT2D eigenvalue weighted by molar-refractivity contribution is 5.44. The molecule has 82 valence electrons. The summed E-state index contributed by atoms with van der Waals surface area (Å²) in [7, 11) is 0. The summed E-state index contributed by atoms with van der Waals surface area (Å²) in [4.78, 5) is 4.14. The minimum absolute atomic E-state index is 0.770. The Balaban J connectivity index is 1.98. The molecule has 0 saturated carbocycles. The molecular weight excluding hydrogens is 186 g/mol. The smallest absolute Gasteiger partial charge is 0.0377 e. The maximum Gasteiger partial charge on any atom is 0.0377 e. The molecule has 0 aromatic carbocycles. The fourth-order valence-corrected chi connectivity index (χ4v) is 2.21. The van der Waals surface area contributed by atoms with Gasteiger partial charge >= 0.3 is 0 Å². The lowest BCUT2D eigenvalue weighted by molar-refractivity contribution is 0.470. The molecule has 1 aromatic heterocycles. The topological polar surface area (TPSA) is 50.9 Å². The fourth-order valence-electron chi connectivity index (χ4n) is 2.21. The first-order chi connectivity index (χ1) is 7.36. The first-order valence-electron chi connectivity index (χ1n) is 5.75. The summed E-state index contributed by atoms with van der Waals surface area (Å²) < 4.78 is 0. The van der Waals surface area contributed by atoms with Crippen LogP contribution in [0.15, 0.2) is 18.5 Å². The molecular formula is C12H19N3. The molecule has 0 radical (unpaired) electrons. The molecule has 1 aliphatic heterocycles. The minimum Gasteiger partial charge on any atom is -0.398 e. The van der Waals surface area contributed by atoms with Crippen LogP contribution in [0.3, 0.4) is 0 Å². The van der Waals surface area contributed by atoms with Crippen molar-refractivity contribution >= 4 is 5.69 Å². The van der Waals surface area contributed by atoms with Crippen molar-refractivity contribution in [2.45, 2.75) is 25.7 Å². The van der Waals surface area contributed by atoms with Gasteiger partial charge in [-0.05, 0) is 56.3 Å². The molecule has 0 aliphatic carbocycles. The van der Waals surface area contributed by atoms with Gasteiger partial charge in [0.15, 0.2) is 0 Å². The number of rotatable bonds is 2. The molecule has 1 unspecified atom stereocenters. The van der Waals surface area contributed by atoms with Crippen molar-refractivity contribution in [2.75, 3.05) is 18.8 Å². The lowest BCUT2D eigenvalue weighted by Crippen LogP contribution is -2.14. The van der Waals surface area contributed by atoms with Gasteiger partial charge in [-0.15, -0.1) is 0 Å². The zero-order chi connectivity index (χ0) is 10.5. The van der Waals surface area contributed by atoms with Crippen LogP contribution in [0.25, 0.3) is 0 Å². The van der Waals surface area contributed by atoms with Crippen LogP contribution in [0.4, 0.5) is 5.69 Å². The number of nitrogens with one attached hydrogen (secondary N) is 1. The number of anilines is 1. The van der Waals surface area contributed by atoms with Crippen molar-refractivity contribution in [1.82, 2.24) is 10.3 Å². The standard InChI is InChI=1S/C12H19N3/c13-12-4-7-15-9-11(12)8-10-2-1-5-14-6-3-10/h4,7,9-10,14H,1-3,5-6,8H2,(H2,13,15). The summed E-state index contributed by atoms with van der Waals surface area (Å²) in [6, 6.07) is 1.89. The fraction of sp³-hybridized carbons (Fsp3) is 0.583. The molecule has 1 aromatic rings. The van der Waals surface area contributed by atoms with Gasteiger partial charge in [0.1, 0.15) is 0 Å². The Morgan fingerprint density at radius 3 is 3.20 bits per heavy atom. The van der Waals surface area contributed by atoms with Gasteiger partial charge < -0.3 is 11.1 Å². The number of nitrogen functional groups attached to an aromatic ring is 1. The van der Waals surface area contributed by atoms with Crippen LogP contribution in [0.1, 0.15) is 24.8 Å². The minimum atomic E-state index is 0.770. The third-order valence-electron chi connectivity index (χ3n) is 3.15. The van der Waals surface area contributed by atoms with Crippen molar-refractivity contribution in [3.05, 3.63) is 24.0 Å². The zero-order valence-corrected chi connectivity index (χ0v) is 9.08. The van der Waals surface area contributed by atoms with Crippen LogP contribution in [0.5, 0.6) is 0 Å². The molecule has 1 fully saturated rings. The SMILES string of the molecule is Nc1ccncc1CC1CCCNCC1. The Labute approximate surface area is 91.1 Å². The predicted octanol–water partition coefficient (Wildman–Crippen LogP) is 1.60. The number of pyridine rings is 1. The lowest BCUT2D eigenvalue weighted by Gasteiger charge is -2.14. The molecule has 3 nitrogen and oxygen atoms in total. The third-order valence-corrected chi connectivity index (χ3v) is 3.15. The summed E-state index contributed by atoms with van der Waals surface area (Å²) in [6.07, 6.45) is 8.60. The van der Waals surface area contributed by atoms with Gasteiger partial charge in [-0.1, -0.05) is 0 Å². The lowest BCUT2D eigenvalue weighted by atomic mass is 9.93. The number of aromatic nitrogens is 1. The van der Waals surface area contributed by atoms with E-state index in [1.807, 2.05) is 12.3 Å². The van der Waals surface area contributed by atoms with Gasteiger partial charge in [-0.2, -0.15) is 0 Å². The number of hydrogen-bond acceptors (Lipinski definition) is 3. The van der Waals surface area contributed by atoms with Crippen molar-refractivity contribution in [2.24, 2.45) is 5.92 Å². The Morgan fingerprint density at radius 2 is 2.33 bits per heavy atom. The van der Waals surface area contributed by atoms with Crippen LogP contribution in [0.2, 0.25) is 0 Å². The normalized spacial score (nSPS) is 22.3. The van der Waals surface area contributed by atoms with E-state index >= 15 is 0 Å². The highest BCUT2D eigenvalue weighted by atomic mass is 14.8. The van der Waals surface area contributed by atoms with Gasteiger partial charge in [0, 0.05) is 18.1 Å². The zero-order valence-electron chi connectivity index (χ0n) is 9.08. The average molecular weight is 205 g/mol.